The summed E-state index contributed by atoms with van der Waals surface area (Å²) >= 11 is 1.43. The van der Waals surface area contributed by atoms with Gasteiger partial charge in [0.05, 0.1) is 23.7 Å². The topological polar surface area (TPSA) is 51.1 Å². The molecule has 6 heteroatoms. The van der Waals surface area contributed by atoms with Gasteiger partial charge in [0.2, 0.25) is 0 Å². The number of thioether (sulfide) groups is 1. The highest BCUT2D eigenvalue weighted by atomic mass is 32.2. The van der Waals surface area contributed by atoms with Gasteiger partial charge in [-0.15, -0.1) is 0 Å². The number of morpholine rings is 1. The SMILES string of the molecule is CCCOc1ccccc1/C=C1\SC(N2C[C@@H](C)O[C@@H](C)C2)=NC1=O. The number of amidine groups is 1. The Hall–Kier alpha value is -1.79. The fourth-order valence-electron chi connectivity index (χ4n) is 2.95. The number of hydrogen-bond acceptors (Lipinski definition) is 5. The molecule has 1 fully saturated rings. The second-order valence-corrected chi connectivity index (χ2v) is 7.37. The lowest BCUT2D eigenvalue weighted by Crippen LogP contribution is -2.47. The molecular weight excluding hydrogens is 336 g/mol. The molecule has 0 unspecified atom stereocenters. The van der Waals surface area contributed by atoms with Crippen molar-refractivity contribution in [1.82, 2.24) is 4.90 Å². The third-order valence-corrected chi connectivity index (χ3v) is 5.01. The summed E-state index contributed by atoms with van der Waals surface area (Å²) in [6.07, 6.45) is 3.10. The van der Waals surface area contributed by atoms with Crippen LogP contribution in [0.3, 0.4) is 0 Å². The van der Waals surface area contributed by atoms with Gasteiger partial charge in [0.1, 0.15) is 5.75 Å². The number of rotatable bonds is 4. The lowest BCUT2D eigenvalue weighted by molar-refractivity contribution is -0.113. The molecule has 0 N–H and O–H groups in total. The van der Waals surface area contributed by atoms with Gasteiger partial charge < -0.3 is 14.4 Å². The van der Waals surface area contributed by atoms with Gasteiger partial charge in [-0.25, -0.2) is 0 Å². The molecule has 1 amide bonds. The van der Waals surface area contributed by atoms with E-state index in [1.165, 1.54) is 11.8 Å². The molecule has 2 heterocycles. The monoisotopic (exact) mass is 360 g/mol. The lowest BCUT2D eigenvalue weighted by Gasteiger charge is -2.35. The van der Waals surface area contributed by atoms with E-state index in [1.54, 1.807) is 0 Å². The Labute approximate surface area is 153 Å². The molecule has 0 bridgehead atoms. The maximum atomic E-state index is 12.3. The number of nitrogens with zero attached hydrogens (tertiary/aromatic N) is 2. The predicted octanol–water partition coefficient (Wildman–Crippen LogP) is 3.55. The quantitative estimate of drug-likeness (QED) is 0.769. The average Bonchev–Trinajstić information content (AvgIpc) is 2.94. The van der Waals surface area contributed by atoms with E-state index in [2.05, 4.69) is 16.8 Å². The first-order chi connectivity index (χ1) is 12.1. The first kappa shape index (κ1) is 18.0. The molecule has 0 aliphatic carbocycles. The second kappa shape index (κ2) is 8.06. The lowest BCUT2D eigenvalue weighted by atomic mass is 10.2. The third kappa shape index (κ3) is 4.44. The van der Waals surface area contributed by atoms with Crippen LogP contribution in [0, 0.1) is 0 Å². The number of aliphatic imine (C=N–C) groups is 1. The van der Waals surface area contributed by atoms with E-state index >= 15 is 0 Å². The van der Waals surface area contributed by atoms with Gasteiger partial charge in [-0.2, -0.15) is 4.99 Å². The Kier molecular flexibility index (Phi) is 5.81. The minimum atomic E-state index is -0.183. The van der Waals surface area contributed by atoms with Gasteiger partial charge in [-0.3, -0.25) is 4.79 Å². The van der Waals surface area contributed by atoms with Gasteiger partial charge >= 0.3 is 0 Å². The minimum absolute atomic E-state index is 0.137. The molecule has 25 heavy (non-hydrogen) atoms. The summed E-state index contributed by atoms with van der Waals surface area (Å²) in [5.74, 6) is 0.615. The Morgan fingerprint density at radius 1 is 1.32 bits per heavy atom. The van der Waals surface area contributed by atoms with Crippen molar-refractivity contribution in [2.24, 2.45) is 4.99 Å². The molecule has 5 nitrogen and oxygen atoms in total. The van der Waals surface area contributed by atoms with Crippen LogP contribution in [0.25, 0.3) is 6.08 Å². The Balaban J connectivity index is 1.75. The maximum absolute atomic E-state index is 12.3. The van der Waals surface area contributed by atoms with Crippen LogP contribution < -0.4 is 4.74 Å². The standard InChI is InChI=1S/C19H24N2O3S/c1-4-9-23-16-8-6-5-7-15(16)10-17-18(22)20-19(25-17)21-11-13(2)24-14(3)12-21/h5-8,10,13-14H,4,9,11-12H2,1-3H3/b17-10-/t13-,14+. The zero-order chi connectivity index (χ0) is 17.8. The van der Waals surface area contributed by atoms with Crippen LogP contribution in [0.4, 0.5) is 0 Å². The van der Waals surface area contributed by atoms with Crippen molar-refractivity contribution in [3.63, 3.8) is 0 Å². The Bertz CT molecular complexity index is 692. The summed E-state index contributed by atoms with van der Waals surface area (Å²) in [6.45, 7) is 8.33. The summed E-state index contributed by atoms with van der Waals surface area (Å²) < 4.78 is 11.5. The largest absolute Gasteiger partial charge is 0.493 e. The first-order valence-electron chi connectivity index (χ1n) is 8.71. The summed E-state index contributed by atoms with van der Waals surface area (Å²) in [6, 6.07) is 7.78. The molecule has 134 valence electrons. The number of benzene rings is 1. The molecule has 0 radical (unpaired) electrons. The van der Waals surface area contributed by atoms with Crippen LogP contribution in [0.15, 0.2) is 34.2 Å². The van der Waals surface area contributed by atoms with E-state index in [-0.39, 0.29) is 18.1 Å². The Morgan fingerprint density at radius 2 is 2.04 bits per heavy atom. The molecule has 2 atom stereocenters. The fraction of sp³-hybridized carbons (Fsp3) is 0.474. The van der Waals surface area contributed by atoms with Gasteiger partial charge in [0.25, 0.3) is 5.91 Å². The molecule has 1 aromatic rings. The van der Waals surface area contributed by atoms with Gasteiger partial charge in [0.15, 0.2) is 5.17 Å². The molecule has 3 rings (SSSR count). The molecular formula is C19H24N2O3S. The van der Waals surface area contributed by atoms with Crippen LogP contribution in [0.1, 0.15) is 32.8 Å². The average molecular weight is 360 g/mol. The van der Waals surface area contributed by atoms with E-state index in [0.717, 1.165) is 36.0 Å². The highest BCUT2D eigenvalue weighted by Crippen LogP contribution is 2.33. The maximum Gasteiger partial charge on any atom is 0.286 e. The zero-order valence-electron chi connectivity index (χ0n) is 14.9. The van der Waals surface area contributed by atoms with Crippen molar-refractivity contribution < 1.29 is 14.3 Å². The second-order valence-electron chi connectivity index (χ2n) is 6.36. The summed E-state index contributed by atoms with van der Waals surface area (Å²) in [4.78, 5) is 19.4. The third-order valence-electron chi connectivity index (χ3n) is 3.97. The van der Waals surface area contributed by atoms with Crippen LogP contribution in [0.5, 0.6) is 5.75 Å². The summed E-state index contributed by atoms with van der Waals surface area (Å²) in [5, 5.41) is 0.769. The smallest absolute Gasteiger partial charge is 0.286 e. The van der Waals surface area contributed by atoms with E-state index in [9.17, 15) is 4.79 Å². The normalized spacial score (nSPS) is 25.4. The Morgan fingerprint density at radius 3 is 2.76 bits per heavy atom. The molecule has 0 spiro atoms. The van der Waals surface area contributed by atoms with Crippen molar-refractivity contribution >= 4 is 28.9 Å². The summed E-state index contributed by atoms with van der Waals surface area (Å²) in [5.41, 5.74) is 0.909. The highest BCUT2D eigenvalue weighted by molar-refractivity contribution is 8.18. The van der Waals surface area contributed by atoms with Gasteiger partial charge in [0, 0.05) is 18.7 Å². The van der Waals surface area contributed by atoms with Crippen LogP contribution >= 0.6 is 11.8 Å². The zero-order valence-corrected chi connectivity index (χ0v) is 15.7. The number of para-hydroxylation sites is 1. The molecule has 1 aromatic carbocycles. The van der Waals surface area contributed by atoms with Crippen molar-refractivity contribution in [2.45, 2.75) is 39.4 Å². The van der Waals surface area contributed by atoms with Crippen molar-refractivity contribution in [1.29, 1.82) is 0 Å². The molecule has 0 aromatic heterocycles. The summed E-state index contributed by atoms with van der Waals surface area (Å²) in [7, 11) is 0. The number of hydrogen-bond donors (Lipinski definition) is 0. The van der Waals surface area contributed by atoms with Crippen molar-refractivity contribution in [2.75, 3.05) is 19.7 Å². The highest BCUT2D eigenvalue weighted by Gasteiger charge is 2.31. The molecule has 2 aliphatic rings. The first-order valence-corrected chi connectivity index (χ1v) is 9.53. The number of carbonyl (C=O) groups excluding carboxylic acids is 1. The van der Waals surface area contributed by atoms with E-state index in [4.69, 9.17) is 9.47 Å². The number of amides is 1. The van der Waals surface area contributed by atoms with Crippen molar-refractivity contribution in [3.05, 3.63) is 34.7 Å². The predicted molar refractivity (Wildman–Crippen MR) is 102 cm³/mol. The van der Waals surface area contributed by atoms with Crippen LogP contribution in [0.2, 0.25) is 0 Å². The van der Waals surface area contributed by atoms with Crippen molar-refractivity contribution in [3.8, 4) is 5.75 Å². The molecule has 1 saturated heterocycles. The molecule has 0 saturated carbocycles. The minimum Gasteiger partial charge on any atom is -0.493 e. The van der Waals surface area contributed by atoms with E-state index in [1.807, 2.05) is 44.2 Å². The van der Waals surface area contributed by atoms with E-state index < -0.39 is 0 Å². The van der Waals surface area contributed by atoms with Gasteiger partial charge in [-0.1, -0.05) is 25.1 Å². The fourth-order valence-corrected chi connectivity index (χ4v) is 3.87. The van der Waals surface area contributed by atoms with Crippen LogP contribution in [-0.2, 0) is 9.53 Å². The van der Waals surface area contributed by atoms with E-state index in [0.29, 0.717) is 11.5 Å². The molecule has 2 aliphatic heterocycles. The number of carbonyl (C=O) groups is 1. The number of ether oxygens (including phenoxy) is 2. The van der Waals surface area contributed by atoms with Gasteiger partial charge in [-0.05, 0) is 44.2 Å². The van der Waals surface area contributed by atoms with Crippen LogP contribution in [-0.4, -0.2) is 47.9 Å².